The first-order chi connectivity index (χ1) is 8.66. The molecule has 0 N–H and O–H groups in total. The molecular weight excluding hydrogens is 246 g/mol. The lowest BCUT2D eigenvalue weighted by atomic mass is 10.3. The van der Waals surface area contributed by atoms with Gasteiger partial charge in [-0.05, 0) is 19.1 Å². The fourth-order valence-corrected chi connectivity index (χ4v) is 2.60. The van der Waals surface area contributed by atoms with Crippen LogP contribution in [0.2, 0.25) is 0 Å². The summed E-state index contributed by atoms with van der Waals surface area (Å²) in [7, 11) is 0. The summed E-state index contributed by atoms with van der Waals surface area (Å²) in [6.07, 6.45) is 0.730. The summed E-state index contributed by atoms with van der Waals surface area (Å²) in [5, 5.41) is 0.952. The number of carbonyl (C=O) groups excluding carboxylic acids is 1. The van der Waals surface area contributed by atoms with Crippen LogP contribution in [0.5, 0.6) is 5.75 Å². The van der Waals surface area contributed by atoms with Crippen LogP contribution in [0.1, 0.15) is 27.3 Å². The molecule has 0 fully saturated rings. The number of hydrogen-bond donors (Lipinski definition) is 0. The molecule has 2 rings (SSSR count). The minimum Gasteiger partial charge on any atom is -0.493 e. The third kappa shape index (κ3) is 3.17. The second kappa shape index (κ2) is 5.78. The third-order valence-electron chi connectivity index (χ3n) is 2.49. The maximum Gasteiger partial charge on any atom is 0.171 e. The van der Waals surface area contributed by atoms with E-state index < -0.39 is 0 Å². The van der Waals surface area contributed by atoms with Gasteiger partial charge in [-0.3, -0.25) is 4.79 Å². The molecule has 3 nitrogen and oxygen atoms in total. The number of ether oxygens (including phenoxy) is 1. The fraction of sp³-hybridized carbons (Fsp3) is 0.286. The Hall–Kier alpha value is -1.68. The predicted molar refractivity (Wildman–Crippen MR) is 72.5 cm³/mol. The summed E-state index contributed by atoms with van der Waals surface area (Å²) in [6, 6.07) is 9.69. The van der Waals surface area contributed by atoms with Crippen molar-refractivity contribution in [1.29, 1.82) is 0 Å². The van der Waals surface area contributed by atoms with E-state index in [1.54, 1.807) is 6.92 Å². The Morgan fingerprint density at radius 3 is 2.67 bits per heavy atom. The molecule has 0 saturated carbocycles. The predicted octanol–water partition coefficient (Wildman–Crippen LogP) is 3.28. The molecule has 0 spiro atoms. The Labute approximate surface area is 110 Å². The molecule has 0 saturated heterocycles. The average Bonchev–Trinajstić information content (AvgIpc) is 2.72. The molecule has 1 aromatic carbocycles. The van der Waals surface area contributed by atoms with Crippen molar-refractivity contribution in [2.45, 2.75) is 20.3 Å². The van der Waals surface area contributed by atoms with Crippen LogP contribution in [0.3, 0.4) is 0 Å². The number of Topliss-reactive ketones (excluding diaryl/α,β-unsaturated/α-hetero) is 1. The van der Waals surface area contributed by atoms with Gasteiger partial charge in [0, 0.05) is 13.3 Å². The molecular formula is C14H15NO2S. The Morgan fingerprint density at radius 1 is 1.33 bits per heavy atom. The van der Waals surface area contributed by atoms with Crippen LogP contribution in [-0.2, 0) is 6.42 Å². The zero-order valence-electron chi connectivity index (χ0n) is 10.5. The van der Waals surface area contributed by atoms with Crippen LogP contribution in [0.15, 0.2) is 30.3 Å². The van der Waals surface area contributed by atoms with Gasteiger partial charge < -0.3 is 4.74 Å². The maximum absolute atomic E-state index is 11.3. The molecule has 0 aliphatic carbocycles. The second-order valence-corrected chi connectivity index (χ2v) is 5.07. The summed E-state index contributed by atoms with van der Waals surface area (Å²) in [4.78, 5) is 16.4. The normalized spacial score (nSPS) is 10.3. The Bertz CT molecular complexity index is 534. The second-order valence-electron chi connectivity index (χ2n) is 3.99. The van der Waals surface area contributed by atoms with Gasteiger partial charge >= 0.3 is 0 Å². The van der Waals surface area contributed by atoms with Crippen LogP contribution < -0.4 is 4.74 Å². The van der Waals surface area contributed by atoms with E-state index in [4.69, 9.17) is 4.74 Å². The number of hydrogen-bond acceptors (Lipinski definition) is 4. The summed E-state index contributed by atoms with van der Waals surface area (Å²) >= 11 is 1.46. The van der Waals surface area contributed by atoms with E-state index in [1.807, 2.05) is 37.3 Å². The number of thiazole rings is 1. The first kappa shape index (κ1) is 12.8. The minimum atomic E-state index is 0.0835. The van der Waals surface area contributed by atoms with Crippen molar-refractivity contribution in [3.8, 4) is 5.75 Å². The van der Waals surface area contributed by atoms with Gasteiger partial charge in [-0.15, -0.1) is 11.3 Å². The highest BCUT2D eigenvalue weighted by Crippen LogP contribution is 2.19. The molecule has 0 aliphatic rings. The number of benzene rings is 1. The van der Waals surface area contributed by atoms with Crippen LogP contribution in [0, 0.1) is 6.92 Å². The van der Waals surface area contributed by atoms with Crippen molar-refractivity contribution < 1.29 is 9.53 Å². The zero-order chi connectivity index (χ0) is 13.0. The SMILES string of the molecule is CC(=O)c1sc(CCOc2ccccc2)nc1C. The van der Waals surface area contributed by atoms with Gasteiger partial charge in [0.05, 0.1) is 22.2 Å². The molecule has 0 atom stereocenters. The average molecular weight is 261 g/mol. The molecule has 94 valence electrons. The molecule has 0 aliphatic heterocycles. The van der Waals surface area contributed by atoms with Crippen molar-refractivity contribution in [1.82, 2.24) is 4.98 Å². The van der Waals surface area contributed by atoms with Crippen LogP contribution in [-0.4, -0.2) is 17.4 Å². The van der Waals surface area contributed by atoms with Crippen LogP contribution >= 0.6 is 11.3 Å². The number of nitrogens with zero attached hydrogens (tertiary/aromatic N) is 1. The molecule has 0 radical (unpaired) electrons. The molecule has 0 bridgehead atoms. The number of para-hydroxylation sites is 1. The summed E-state index contributed by atoms with van der Waals surface area (Å²) in [5.74, 6) is 0.942. The molecule has 4 heteroatoms. The van der Waals surface area contributed by atoms with Crippen molar-refractivity contribution in [3.05, 3.63) is 45.9 Å². The van der Waals surface area contributed by atoms with Gasteiger partial charge in [0.2, 0.25) is 0 Å². The topological polar surface area (TPSA) is 39.2 Å². The summed E-state index contributed by atoms with van der Waals surface area (Å²) in [6.45, 7) is 4.02. The lowest BCUT2D eigenvalue weighted by molar-refractivity contribution is 0.102. The van der Waals surface area contributed by atoms with Gasteiger partial charge in [-0.1, -0.05) is 18.2 Å². The molecule has 2 aromatic rings. The smallest absolute Gasteiger partial charge is 0.171 e. The standard InChI is InChI=1S/C14H15NO2S/c1-10-14(11(2)16)18-13(15-10)8-9-17-12-6-4-3-5-7-12/h3-7H,8-9H2,1-2H3. The van der Waals surface area contributed by atoms with E-state index in [2.05, 4.69) is 4.98 Å². The van der Waals surface area contributed by atoms with Crippen molar-refractivity contribution in [3.63, 3.8) is 0 Å². The van der Waals surface area contributed by atoms with Gasteiger partial charge in [-0.2, -0.15) is 0 Å². The van der Waals surface area contributed by atoms with E-state index in [9.17, 15) is 4.79 Å². The fourth-order valence-electron chi connectivity index (χ4n) is 1.66. The van der Waals surface area contributed by atoms with E-state index in [1.165, 1.54) is 11.3 Å². The number of aryl methyl sites for hydroxylation is 1. The monoisotopic (exact) mass is 261 g/mol. The molecule has 1 aromatic heterocycles. The first-order valence-electron chi connectivity index (χ1n) is 5.82. The van der Waals surface area contributed by atoms with Gasteiger partial charge in [0.25, 0.3) is 0 Å². The molecule has 18 heavy (non-hydrogen) atoms. The van der Waals surface area contributed by atoms with Gasteiger partial charge in [0.1, 0.15) is 5.75 Å². The number of aromatic nitrogens is 1. The van der Waals surface area contributed by atoms with Gasteiger partial charge in [0.15, 0.2) is 5.78 Å². The lowest BCUT2D eigenvalue weighted by Crippen LogP contribution is -2.00. The third-order valence-corrected chi connectivity index (χ3v) is 3.81. The Balaban J connectivity index is 1.91. The zero-order valence-corrected chi connectivity index (χ0v) is 11.3. The van der Waals surface area contributed by atoms with E-state index in [0.717, 1.165) is 27.7 Å². The highest BCUT2D eigenvalue weighted by molar-refractivity contribution is 7.13. The Morgan fingerprint density at radius 2 is 2.06 bits per heavy atom. The van der Waals surface area contributed by atoms with Gasteiger partial charge in [-0.25, -0.2) is 4.98 Å². The van der Waals surface area contributed by atoms with E-state index in [-0.39, 0.29) is 5.78 Å². The molecule has 1 heterocycles. The van der Waals surface area contributed by atoms with Crippen LogP contribution in [0.25, 0.3) is 0 Å². The van der Waals surface area contributed by atoms with E-state index in [0.29, 0.717) is 6.61 Å². The van der Waals surface area contributed by atoms with E-state index >= 15 is 0 Å². The van der Waals surface area contributed by atoms with Crippen LogP contribution in [0.4, 0.5) is 0 Å². The largest absolute Gasteiger partial charge is 0.493 e. The Kier molecular flexibility index (Phi) is 4.10. The van der Waals surface area contributed by atoms with Crippen molar-refractivity contribution >= 4 is 17.1 Å². The molecule has 0 amide bonds. The van der Waals surface area contributed by atoms with Crippen molar-refractivity contribution in [2.24, 2.45) is 0 Å². The minimum absolute atomic E-state index is 0.0835. The number of rotatable bonds is 5. The highest BCUT2D eigenvalue weighted by Gasteiger charge is 2.11. The molecule has 0 unspecified atom stereocenters. The summed E-state index contributed by atoms with van der Waals surface area (Å²) in [5.41, 5.74) is 0.821. The number of carbonyl (C=O) groups is 1. The van der Waals surface area contributed by atoms with Crippen molar-refractivity contribution in [2.75, 3.05) is 6.61 Å². The maximum atomic E-state index is 11.3. The quantitative estimate of drug-likeness (QED) is 0.775. The first-order valence-corrected chi connectivity index (χ1v) is 6.63. The lowest BCUT2D eigenvalue weighted by Gasteiger charge is -2.03. The summed E-state index contributed by atoms with van der Waals surface area (Å²) < 4.78 is 5.60. The highest BCUT2D eigenvalue weighted by atomic mass is 32.1. The number of ketones is 1.